The summed E-state index contributed by atoms with van der Waals surface area (Å²) in [4.78, 5) is 12.0. The number of carbonyl (C=O) groups excluding carboxylic acids is 1. The molecule has 0 heterocycles. The zero-order valence-electron chi connectivity index (χ0n) is 11.8. The van der Waals surface area contributed by atoms with Gasteiger partial charge in [0.05, 0.1) is 40.6 Å². The molecule has 0 aliphatic rings. The van der Waals surface area contributed by atoms with Crippen molar-refractivity contribution in [3.63, 3.8) is 0 Å². The molecule has 0 fully saturated rings. The predicted octanol–water partition coefficient (Wildman–Crippen LogP) is 0.485. The summed E-state index contributed by atoms with van der Waals surface area (Å²) in [5.41, 5.74) is 0.562. The van der Waals surface area contributed by atoms with Gasteiger partial charge in [0, 0.05) is 12.1 Å². The number of aliphatic hydroxyl groups is 1. The highest BCUT2D eigenvalue weighted by molar-refractivity contribution is 5.98. The maximum atomic E-state index is 12.0. The van der Waals surface area contributed by atoms with Crippen LogP contribution in [0.4, 0.5) is 0 Å². The monoisotopic (exact) mass is 283 g/mol. The summed E-state index contributed by atoms with van der Waals surface area (Å²) in [5, 5.41) is 11.5. The van der Waals surface area contributed by atoms with Crippen molar-refractivity contribution in [1.29, 1.82) is 0 Å². The summed E-state index contributed by atoms with van der Waals surface area (Å²) in [6.45, 7) is 1.55. The zero-order valence-corrected chi connectivity index (χ0v) is 11.8. The molecule has 1 rings (SSSR count). The molecule has 0 spiro atoms. The molecule has 0 radical (unpaired) electrons. The van der Waals surface area contributed by atoms with Crippen molar-refractivity contribution in [3.05, 3.63) is 23.8 Å². The van der Waals surface area contributed by atoms with E-state index in [0.717, 1.165) is 0 Å². The molecular weight excluding hydrogens is 262 g/mol. The molecule has 20 heavy (non-hydrogen) atoms. The molecule has 0 amide bonds. The molecule has 0 saturated heterocycles. The van der Waals surface area contributed by atoms with Gasteiger partial charge in [-0.15, -0.1) is 0 Å². The van der Waals surface area contributed by atoms with Crippen LogP contribution >= 0.6 is 0 Å². The van der Waals surface area contributed by atoms with E-state index in [4.69, 9.17) is 19.3 Å². The van der Waals surface area contributed by atoms with Crippen LogP contribution in [0.1, 0.15) is 10.4 Å². The Bertz CT molecular complexity index is 422. The number of aliphatic hydroxyl groups excluding tert-OH is 1. The third kappa shape index (κ3) is 5.16. The van der Waals surface area contributed by atoms with Gasteiger partial charge in [-0.3, -0.25) is 4.79 Å². The topological polar surface area (TPSA) is 77.0 Å². The van der Waals surface area contributed by atoms with E-state index in [1.54, 1.807) is 25.3 Å². The molecule has 0 saturated carbocycles. The second-order valence-corrected chi connectivity index (χ2v) is 4.01. The third-order valence-electron chi connectivity index (χ3n) is 2.65. The van der Waals surface area contributed by atoms with Crippen molar-refractivity contribution in [3.8, 4) is 11.5 Å². The number of hydrogen-bond donors (Lipinski definition) is 2. The molecule has 1 aromatic carbocycles. The molecule has 0 aliphatic heterocycles. The Balaban J connectivity index is 2.43. The quantitative estimate of drug-likeness (QED) is 0.480. The minimum absolute atomic E-state index is 0.00454. The number of nitrogens with one attached hydrogen (secondary N) is 1. The summed E-state index contributed by atoms with van der Waals surface area (Å²) in [6.07, 6.45) is 0. The van der Waals surface area contributed by atoms with Crippen molar-refractivity contribution in [1.82, 2.24) is 5.32 Å². The molecular formula is C14H21NO5. The minimum Gasteiger partial charge on any atom is -0.493 e. The predicted molar refractivity (Wildman–Crippen MR) is 74.7 cm³/mol. The fourth-order valence-electron chi connectivity index (χ4n) is 1.62. The number of methoxy groups -OCH3 is 2. The Kier molecular flexibility index (Phi) is 7.64. The van der Waals surface area contributed by atoms with Gasteiger partial charge in [0.25, 0.3) is 0 Å². The Morgan fingerprint density at radius 2 is 1.95 bits per heavy atom. The summed E-state index contributed by atoms with van der Waals surface area (Å²) in [6, 6.07) is 5.06. The van der Waals surface area contributed by atoms with Gasteiger partial charge in [-0.05, 0) is 18.2 Å². The average Bonchev–Trinajstić information content (AvgIpc) is 2.49. The molecule has 6 nitrogen and oxygen atoms in total. The van der Waals surface area contributed by atoms with Crippen molar-refractivity contribution >= 4 is 5.78 Å². The van der Waals surface area contributed by atoms with Crippen LogP contribution in [0.25, 0.3) is 0 Å². The molecule has 2 N–H and O–H groups in total. The van der Waals surface area contributed by atoms with E-state index in [1.807, 2.05) is 0 Å². The van der Waals surface area contributed by atoms with Crippen LogP contribution in [0.3, 0.4) is 0 Å². The van der Waals surface area contributed by atoms with Crippen LogP contribution in [-0.2, 0) is 4.74 Å². The first kappa shape index (κ1) is 16.4. The first-order chi connectivity index (χ1) is 9.72. The zero-order chi connectivity index (χ0) is 14.8. The summed E-state index contributed by atoms with van der Waals surface area (Å²) < 4.78 is 15.4. The molecule has 0 atom stereocenters. The molecule has 0 bridgehead atoms. The standard InChI is InChI=1S/C14H21NO5/c1-18-13-4-3-11(9-14(13)19-2)12(17)10-15-5-7-20-8-6-16/h3-4,9,15-16H,5-8,10H2,1-2H3. The van der Waals surface area contributed by atoms with Gasteiger partial charge in [-0.1, -0.05) is 0 Å². The fourth-order valence-corrected chi connectivity index (χ4v) is 1.62. The summed E-state index contributed by atoms with van der Waals surface area (Å²) >= 11 is 0. The number of benzene rings is 1. The Morgan fingerprint density at radius 3 is 2.60 bits per heavy atom. The van der Waals surface area contributed by atoms with E-state index < -0.39 is 0 Å². The Morgan fingerprint density at radius 1 is 1.20 bits per heavy atom. The average molecular weight is 283 g/mol. The fraction of sp³-hybridized carbons (Fsp3) is 0.500. The van der Waals surface area contributed by atoms with Gasteiger partial charge in [0.1, 0.15) is 0 Å². The van der Waals surface area contributed by atoms with Gasteiger partial charge in [0.2, 0.25) is 0 Å². The van der Waals surface area contributed by atoms with Crippen LogP contribution in [-0.4, -0.2) is 58.0 Å². The third-order valence-corrected chi connectivity index (χ3v) is 2.65. The number of rotatable bonds is 10. The van der Waals surface area contributed by atoms with Gasteiger partial charge < -0.3 is 24.6 Å². The highest BCUT2D eigenvalue weighted by atomic mass is 16.5. The van der Waals surface area contributed by atoms with Crippen molar-refractivity contribution in [2.45, 2.75) is 0 Å². The maximum Gasteiger partial charge on any atom is 0.176 e. The lowest BCUT2D eigenvalue weighted by atomic mass is 10.1. The first-order valence-corrected chi connectivity index (χ1v) is 6.37. The smallest absolute Gasteiger partial charge is 0.176 e. The lowest BCUT2D eigenvalue weighted by Crippen LogP contribution is -2.27. The second kappa shape index (κ2) is 9.30. The van der Waals surface area contributed by atoms with E-state index in [0.29, 0.717) is 36.8 Å². The van der Waals surface area contributed by atoms with E-state index in [-0.39, 0.29) is 18.9 Å². The van der Waals surface area contributed by atoms with Crippen molar-refractivity contribution in [2.24, 2.45) is 0 Å². The molecule has 0 aliphatic carbocycles. The van der Waals surface area contributed by atoms with Crippen LogP contribution in [0.2, 0.25) is 0 Å². The number of ketones is 1. The second-order valence-electron chi connectivity index (χ2n) is 4.01. The van der Waals surface area contributed by atoms with E-state index in [1.165, 1.54) is 7.11 Å². The molecule has 0 unspecified atom stereocenters. The molecule has 1 aromatic rings. The van der Waals surface area contributed by atoms with E-state index in [9.17, 15) is 4.79 Å². The van der Waals surface area contributed by atoms with Gasteiger partial charge in [-0.2, -0.15) is 0 Å². The normalized spacial score (nSPS) is 10.3. The van der Waals surface area contributed by atoms with Gasteiger partial charge >= 0.3 is 0 Å². The number of Topliss-reactive ketones (excluding diaryl/α,β-unsaturated/α-hetero) is 1. The molecule has 112 valence electrons. The van der Waals surface area contributed by atoms with E-state index >= 15 is 0 Å². The number of carbonyl (C=O) groups is 1. The Labute approximate surface area is 118 Å². The maximum absolute atomic E-state index is 12.0. The van der Waals surface area contributed by atoms with Crippen LogP contribution in [0.5, 0.6) is 11.5 Å². The highest BCUT2D eigenvalue weighted by Gasteiger charge is 2.10. The molecule has 0 aromatic heterocycles. The lowest BCUT2D eigenvalue weighted by molar-refractivity contribution is 0.0906. The largest absolute Gasteiger partial charge is 0.493 e. The summed E-state index contributed by atoms with van der Waals surface area (Å²) in [5.74, 6) is 1.09. The van der Waals surface area contributed by atoms with Gasteiger partial charge in [0.15, 0.2) is 17.3 Å². The van der Waals surface area contributed by atoms with Gasteiger partial charge in [-0.25, -0.2) is 0 Å². The van der Waals surface area contributed by atoms with Crippen LogP contribution in [0.15, 0.2) is 18.2 Å². The van der Waals surface area contributed by atoms with Crippen molar-refractivity contribution < 1.29 is 24.1 Å². The minimum atomic E-state index is -0.0342. The first-order valence-electron chi connectivity index (χ1n) is 6.37. The molecule has 6 heteroatoms. The number of ether oxygens (including phenoxy) is 3. The lowest BCUT2D eigenvalue weighted by Gasteiger charge is -2.09. The van der Waals surface area contributed by atoms with Crippen LogP contribution in [0, 0.1) is 0 Å². The Hall–Kier alpha value is -1.63. The van der Waals surface area contributed by atoms with E-state index in [2.05, 4.69) is 5.32 Å². The highest BCUT2D eigenvalue weighted by Crippen LogP contribution is 2.27. The summed E-state index contributed by atoms with van der Waals surface area (Å²) in [7, 11) is 3.08. The SMILES string of the molecule is COc1ccc(C(=O)CNCCOCCO)cc1OC. The van der Waals surface area contributed by atoms with Crippen LogP contribution < -0.4 is 14.8 Å². The number of hydrogen-bond acceptors (Lipinski definition) is 6. The van der Waals surface area contributed by atoms with Crippen molar-refractivity contribution in [2.75, 3.05) is 47.1 Å².